The summed E-state index contributed by atoms with van der Waals surface area (Å²) in [5, 5.41) is 3.84. The van der Waals surface area contributed by atoms with E-state index in [1.165, 1.54) is 0 Å². The maximum absolute atomic E-state index is 11.9. The first-order valence-electron chi connectivity index (χ1n) is 9.16. The summed E-state index contributed by atoms with van der Waals surface area (Å²) in [6.07, 6.45) is 1.36. The van der Waals surface area contributed by atoms with Gasteiger partial charge in [-0.2, -0.15) is 0 Å². The van der Waals surface area contributed by atoms with Crippen LogP contribution in [-0.2, 0) is 22.6 Å². The quantitative estimate of drug-likeness (QED) is 0.717. The Morgan fingerprint density at radius 1 is 1.22 bits per heavy atom. The summed E-state index contributed by atoms with van der Waals surface area (Å²) in [5.41, 5.74) is 2.21. The van der Waals surface area contributed by atoms with Crippen molar-refractivity contribution in [2.45, 2.75) is 46.4 Å². The molecule has 0 saturated carbocycles. The molecule has 1 amide bonds. The Morgan fingerprint density at radius 2 is 2.00 bits per heavy atom. The van der Waals surface area contributed by atoms with Crippen LogP contribution in [0.4, 0.5) is 4.79 Å². The zero-order valence-electron chi connectivity index (χ0n) is 16.3. The maximum atomic E-state index is 11.9. The molecule has 2 aromatic heterocycles. The van der Waals surface area contributed by atoms with Crippen molar-refractivity contribution >= 4 is 28.0 Å². The maximum Gasteiger partial charge on any atom is 0.407 e. The van der Waals surface area contributed by atoms with Gasteiger partial charge in [-0.05, 0) is 33.8 Å². The van der Waals surface area contributed by atoms with Crippen molar-refractivity contribution in [3.05, 3.63) is 36.3 Å². The number of pyridine rings is 1. The lowest BCUT2D eigenvalue weighted by Gasteiger charge is -2.20. The topological polar surface area (TPSA) is 78.3 Å². The predicted molar refractivity (Wildman–Crippen MR) is 105 cm³/mol. The number of rotatable bonds is 6. The number of carbonyl (C=O) groups excluding carboxylic acids is 1. The molecule has 0 radical (unpaired) electrons. The molecule has 7 nitrogen and oxygen atoms in total. The van der Waals surface area contributed by atoms with Crippen LogP contribution in [0.15, 0.2) is 30.5 Å². The second kappa shape index (κ2) is 7.92. The van der Waals surface area contributed by atoms with Crippen LogP contribution in [0.5, 0.6) is 0 Å². The van der Waals surface area contributed by atoms with Crippen LogP contribution in [0.3, 0.4) is 0 Å². The molecule has 0 unspecified atom stereocenters. The number of aromatic nitrogens is 3. The summed E-state index contributed by atoms with van der Waals surface area (Å²) in [6, 6.07) is 7.97. The lowest BCUT2D eigenvalue weighted by Crippen LogP contribution is -2.34. The highest BCUT2D eigenvalue weighted by molar-refractivity contribution is 6.02. The smallest absolute Gasteiger partial charge is 0.407 e. The van der Waals surface area contributed by atoms with E-state index in [0.717, 1.165) is 27.8 Å². The van der Waals surface area contributed by atoms with Crippen LogP contribution in [0.1, 0.15) is 33.5 Å². The molecule has 0 spiro atoms. The SMILES string of the molecule is CCOCc1nc2cnc3ccccc3c2n1CCNC(=O)OC(C)(C)C. The molecule has 3 aromatic rings. The molecule has 1 aromatic carbocycles. The third-order valence-corrected chi connectivity index (χ3v) is 4.00. The van der Waals surface area contributed by atoms with Gasteiger partial charge in [-0.1, -0.05) is 18.2 Å². The van der Waals surface area contributed by atoms with Gasteiger partial charge in [0.15, 0.2) is 0 Å². The van der Waals surface area contributed by atoms with Gasteiger partial charge >= 0.3 is 6.09 Å². The van der Waals surface area contributed by atoms with Gasteiger partial charge in [0.25, 0.3) is 0 Å². The van der Waals surface area contributed by atoms with E-state index in [0.29, 0.717) is 26.3 Å². The molecule has 0 aliphatic carbocycles. The number of alkyl carbamates (subject to hydrolysis) is 1. The highest BCUT2D eigenvalue weighted by Gasteiger charge is 2.17. The minimum Gasteiger partial charge on any atom is -0.444 e. The molecule has 7 heteroatoms. The minimum atomic E-state index is -0.520. The largest absolute Gasteiger partial charge is 0.444 e. The van der Waals surface area contributed by atoms with Crippen LogP contribution < -0.4 is 5.32 Å². The average molecular weight is 370 g/mol. The third-order valence-electron chi connectivity index (χ3n) is 4.00. The Morgan fingerprint density at radius 3 is 2.74 bits per heavy atom. The Labute approximate surface area is 158 Å². The molecule has 0 aliphatic rings. The number of benzene rings is 1. The van der Waals surface area contributed by atoms with Crippen molar-refractivity contribution in [2.24, 2.45) is 0 Å². The number of imidazole rings is 1. The molecule has 0 aliphatic heterocycles. The number of nitrogens with one attached hydrogen (secondary N) is 1. The molecule has 0 saturated heterocycles. The number of hydrogen-bond acceptors (Lipinski definition) is 5. The first-order valence-corrected chi connectivity index (χ1v) is 9.16. The van der Waals surface area contributed by atoms with Crippen LogP contribution >= 0.6 is 0 Å². The molecule has 3 rings (SSSR count). The van der Waals surface area contributed by atoms with E-state index in [4.69, 9.17) is 9.47 Å². The average Bonchev–Trinajstić information content (AvgIpc) is 2.96. The Kier molecular flexibility index (Phi) is 5.60. The number of nitrogens with zero attached hydrogens (tertiary/aromatic N) is 3. The van der Waals surface area contributed by atoms with E-state index in [-0.39, 0.29) is 0 Å². The molecule has 1 N–H and O–H groups in total. The number of fused-ring (bicyclic) bond motifs is 3. The summed E-state index contributed by atoms with van der Waals surface area (Å²) < 4.78 is 13.0. The number of carbonyl (C=O) groups is 1. The third kappa shape index (κ3) is 4.54. The van der Waals surface area contributed by atoms with Gasteiger partial charge in [0, 0.05) is 25.1 Å². The fourth-order valence-electron chi connectivity index (χ4n) is 2.94. The van der Waals surface area contributed by atoms with E-state index in [1.54, 1.807) is 6.20 Å². The molecular formula is C20H26N4O3. The second-order valence-corrected chi connectivity index (χ2v) is 7.25. The van der Waals surface area contributed by atoms with Crippen molar-refractivity contribution in [2.75, 3.05) is 13.2 Å². The van der Waals surface area contributed by atoms with Crippen LogP contribution in [0.25, 0.3) is 21.9 Å². The highest BCUT2D eigenvalue weighted by atomic mass is 16.6. The Balaban J connectivity index is 1.89. The lowest BCUT2D eigenvalue weighted by molar-refractivity contribution is 0.0526. The molecule has 0 fully saturated rings. The highest BCUT2D eigenvalue weighted by Crippen LogP contribution is 2.25. The first kappa shape index (κ1) is 19.1. The normalized spacial score (nSPS) is 11.9. The molecule has 144 valence electrons. The Hall–Kier alpha value is -2.67. The van der Waals surface area contributed by atoms with E-state index in [2.05, 4.69) is 19.9 Å². The van der Waals surface area contributed by atoms with Gasteiger partial charge in [0.2, 0.25) is 0 Å². The summed E-state index contributed by atoms with van der Waals surface area (Å²) in [6.45, 7) is 9.49. The van der Waals surface area contributed by atoms with Gasteiger partial charge in [0.05, 0.1) is 17.2 Å². The standard InChI is InChI=1S/C20H26N4O3/c1-5-26-13-17-23-16-12-22-15-9-7-6-8-14(15)18(16)24(17)11-10-21-19(25)27-20(2,3)4/h6-9,12H,5,10-11,13H2,1-4H3,(H,21,25). The summed E-state index contributed by atoms with van der Waals surface area (Å²) >= 11 is 0. The molecule has 2 heterocycles. The molecular weight excluding hydrogens is 344 g/mol. The number of para-hydroxylation sites is 1. The zero-order valence-corrected chi connectivity index (χ0v) is 16.3. The number of hydrogen-bond donors (Lipinski definition) is 1. The van der Waals surface area contributed by atoms with Gasteiger partial charge in [-0.25, -0.2) is 9.78 Å². The summed E-state index contributed by atoms with van der Waals surface area (Å²) in [7, 11) is 0. The lowest BCUT2D eigenvalue weighted by atomic mass is 10.2. The number of ether oxygens (including phenoxy) is 2. The second-order valence-electron chi connectivity index (χ2n) is 7.25. The molecule has 0 atom stereocenters. The van der Waals surface area contributed by atoms with Crippen LogP contribution in [0, 0.1) is 0 Å². The van der Waals surface area contributed by atoms with Crippen molar-refractivity contribution in [3.8, 4) is 0 Å². The fraction of sp³-hybridized carbons (Fsp3) is 0.450. The summed E-state index contributed by atoms with van der Waals surface area (Å²) in [4.78, 5) is 21.1. The van der Waals surface area contributed by atoms with Gasteiger partial charge in [-0.3, -0.25) is 4.98 Å². The van der Waals surface area contributed by atoms with Crippen LogP contribution in [0.2, 0.25) is 0 Å². The van der Waals surface area contributed by atoms with Crippen molar-refractivity contribution in [1.82, 2.24) is 19.9 Å². The predicted octanol–water partition coefficient (Wildman–Crippen LogP) is 3.65. The zero-order chi connectivity index (χ0) is 19.4. The van der Waals surface area contributed by atoms with Crippen LogP contribution in [-0.4, -0.2) is 39.4 Å². The van der Waals surface area contributed by atoms with Gasteiger partial charge < -0.3 is 19.4 Å². The van der Waals surface area contributed by atoms with E-state index < -0.39 is 11.7 Å². The van der Waals surface area contributed by atoms with Crippen molar-refractivity contribution in [3.63, 3.8) is 0 Å². The summed E-state index contributed by atoms with van der Waals surface area (Å²) in [5.74, 6) is 0.816. The fourth-order valence-corrected chi connectivity index (χ4v) is 2.94. The Bertz CT molecular complexity index is 943. The van der Waals surface area contributed by atoms with E-state index in [1.807, 2.05) is 52.0 Å². The van der Waals surface area contributed by atoms with Gasteiger partial charge in [0.1, 0.15) is 23.5 Å². The molecule has 27 heavy (non-hydrogen) atoms. The monoisotopic (exact) mass is 370 g/mol. The molecule has 0 bridgehead atoms. The number of amides is 1. The van der Waals surface area contributed by atoms with Crippen molar-refractivity contribution < 1.29 is 14.3 Å². The van der Waals surface area contributed by atoms with Gasteiger partial charge in [-0.15, -0.1) is 0 Å². The van der Waals surface area contributed by atoms with E-state index in [9.17, 15) is 4.79 Å². The van der Waals surface area contributed by atoms with Crippen molar-refractivity contribution in [1.29, 1.82) is 0 Å². The first-order chi connectivity index (χ1) is 12.9. The van der Waals surface area contributed by atoms with E-state index >= 15 is 0 Å². The minimum absolute atomic E-state index is 0.409.